The van der Waals surface area contributed by atoms with Gasteiger partial charge in [-0.25, -0.2) is 13.8 Å². The zero-order valence-corrected chi connectivity index (χ0v) is 14.2. The minimum atomic E-state index is -0.528. The lowest BCUT2D eigenvalue weighted by Gasteiger charge is -2.33. The number of rotatable bonds is 5. The summed E-state index contributed by atoms with van der Waals surface area (Å²) in [4.78, 5) is 18.3. The Kier molecular flexibility index (Phi) is 5.43. The minimum absolute atomic E-state index is 0.0259. The van der Waals surface area contributed by atoms with Gasteiger partial charge in [-0.3, -0.25) is 9.69 Å². The molecule has 0 unspecified atom stereocenters. The van der Waals surface area contributed by atoms with Gasteiger partial charge in [-0.1, -0.05) is 6.07 Å². The zero-order chi connectivity index (χ0) is 17.8. The van der Waals surface area contributed by atoms with Gasteiger partial charge in [0.2, 0.25) is 5.91 Å². The first-order valence-corrected chi connectivity index (χ1v) is 8.47. The third-order valence-corrected chi connectivity index (χ3v) is 4.65. The second kappa shape index (κ2) is 7.74. The summed E-state index contributed by atoms with van der Waals surface area (Å²) in [6.45, 7) is 3.36. The van der Waals surface area contributed by atoms with Crippen molar-refractivity contribution in [3.63, 3.8) is 0 Å². The summed E-state index contributed by atoms with van der Waals surface area (Å²) in [5.41, 5.74) is 0.0845. The van der Waals surface area contributed by atoms with Crippen LogP contribution < -0.4 is 5.32 Å². The zero-order valence-electron chi connectivity index (χ0n) is 14.2. The Labute approximate surface area is 145 Å². The molecular formula is C18H22F2N4O. The molecule has 1 aromatic heterocycles. The highest BCUT2D eigenvalue weighted by Gasteiger charge is 2.25. The molecule has 1 saturated heterocycles. The molecule has 0 bridgehead atoms. The summed E-state index contributed by atoms with van der Waals surface area (Å²) in [7, 11) is 0. The van der Waals surface area contributed by atoms with Gasteiger partial charge in [0.25, 0.3) is 0 Å². The Morgan fingerprint density at radius 1 is 1.40 bits per heavy atom. The maximum absolute atomic E-state index is 13.8. The number of hydrogen-bond acceptors (Lipinski definition) is 3. The molecule has 0 spiro atoms. The second-order valence-electron chi connectivity index (χ2n) is 6.47. The predicted octanol–water partition coefficient (Wildman–Crippen LogP) is 2.50. The summed E-state index contributed by atoms with van der Waals surface area (Å²) >= 11 is 0. The van der Waals surface area contributed by atoms with Gasteiger partial charge < -0.3 is 9.88 Å². The fourth-order valence-electron chi connectivity index (χ4n) is 3.18. The van der Waals surface area contributed by atoms with Crippen molar-refractivity contribution in [2.24, 2.45) is 0 Å². The SMILES string of the molecule is C[C@H](C(=O)N[C@H]1CCCN(Cc2c(F)cccc2F)C1)n1ccnc1. The summed E-state index contributed by atoms with van der Waals surface area (Å²) < 4.78 is 29.4. The quantitative estimate of drug-likeness (QED) is 0.903. The number of likely N-dealkylation sites (tertiary alicyclic amines) is 1. The molecule has 3 rings (SSSR count). The number of imidazole rings is 1. The average molecular weight is 348 g/mol. The molecule has 1 aliphatic heterocycles. The topological polar surface area (TPSA) is 50.2 Å². The molecule has 2 heterocycles. The van der Waals surface area contributed by atoms with Crippen LogP contribution in [0, 0.1) is 11.6 Å². The van der Waals surface area contributed by atoms with Gasteiger partial charge in [0.05, 0.1) is 6.33 Å². The molecule has 1 fully saturated rings. The molecule has 0 radical (unpaired) electrons. The van der Waals surface area contributed by atoms with E-state index in [1.165, 1.54) is 18.2 Å². The van der Waals surface area contributed by atoms with Gasteiger partial charge in [0.1, 0.15) is 17.7 Å². The van der Waals surface area contributed by atoms with Gasteiger partial charge >= 0.3 is 0 Å². The van der Waals surface area contributed by atoms with Crippen molar-refractivity contribution in [2.45, 2.75) is 38.4 Å². The van der Waals surface area contributed by atoms with E-state index in [-0.39, 0.29) is 30.1 Å². The fourth-order valence-corrected chi connectivity index (χ4v) is 3.18. The Morgan fingerprint density at radius 2 is 2.16 bits per heavy atom. The molecule has 1 aromatic carbocycles. The van der Waals surface area contributed by atoms with Crippen LogP contribution in [0.3, 0.4) is 0 Å². The molecule has 25 heavy (non-hydrogen) atoms. The van der Waals surface area contributed by atoms with E-state index in [1.54, 1.807) is 23.3 Å². The maximum atomic E-state index is 13.8. The van der Waals surface area contributed by atoms with E-state index in [9.17, 15) is 13.6 Å². The first-order valence-electron chi connectivity index (χ1n) is 8.47. The first kappa shape index (κ1) is 17.5. The third kappa shape index (κ3) is 4.22. The van der Waals surface area contributed by atoms with E-state index in [0.717, 1.165) is 19.4 Å². The Hall–Kier alpha value is -2.28. The van der Waals surface area contributed by atoms with Crippen molar-refractivity contribution in [3.05, 3.63) is 54.1 Å². The molecule has 1 amide bonds. The monoisotopic (exact) mass is 348 g/mol. The molecule has 7 heteroatoms. The normalized spacial score (nSPS) is 19.6. The Balaban J connectivity index is 1.59. The van der Waals surface area contributed by atoms with Crippen molar-refractivity contribution in [1.82, 2.24) is 19.8 Å². The lowest BCUT2D eigenvalue weighted by atomic mass is 10.0. The molecule has 1 N–H and O–H groups in total. The van der Waals surface area contributed by atoms with E-state index < -0.39 is 11.6 Å². The molecule has 2 atom stereocenters. The van der Waals surface area contributed by atoms with E-state index in [0.29, 0.717) is 6.54 Å². The van der Waals surface area contributed by atoms with Crippen LogP contribution in [-0.4, -0.2) is 39.5 Å². The summed E-state index contributed by atoms with van der Waals surface area (Å²) in [6.07, 6.45) is 6.73. The van der Waals surface area contributed by atoms with Crippen LogP contribution in [0.15, 0.2) is 36.9 Å². The number of carbonyl (C=O) groups is 1. The van der Waals surface area contributed by atoms with E-state index in [4.69, 9.17) is 0 Å². The molecule has 1 aliphatic rings. The van der Waals surface area contributed by atoms with Gasteiger partial charge in [-0.2, -0.15) is 0 Å². The number of aromatic nitrogens is 2. The van der Waals surface area contributed by atoms with Crippen LogP contribution in [0.25, 0.3) is 0 Å². The van der Waals surface area contributed by atoms with Gasteiger partial charge in [-0.05, 0) is 38.4 Å². The lowest BCUT2D eigenvalue weighted by molar-refractivity contribution is -0.125. The number of carbonyl (C=O) groups excluding carboxylic acids is 1. The van der Waals surface area contributed by atoms with Gasteiger partial charge in [0.15, 0.2) is 0 Å². The molecule has 5 nitrogen and oxygen atoms in total. The van der Waals surface area contributed by atoms with E-state index in [1.807, 2.05) is 11.8 Å². The standard InChI is InChI=1S/C18H22F2N4O/c1-13(24-9-7-21-12-24)18(25)22-14-4-3-8-23(10-14)11-15-16(19)5-2-6-17(15)20/h2,5-7,9,12-14H,3-4,8,10-11H2,1H3,(H,22,25)/t13-,14+/m1/s1. The van der Waals surface area contributed by atoms with Gasteiger partial charge in [0, 0.05) is 37.1 Å². The molecule has 2 aromatic rings. The van der Waals surface area contributed by atoms with Crippen molar-refractivity contribution in [2.75, 3.05) is 13.1 Å². The number of hydrogen-bond donors (Lipinski definition) is 1. The fraction of sp³-hybridized carbons (Fsp3) is 0.444. The van der Waals surface area contributed by atoms with Crippen LogP contribution in [0.5, 0.6) is 0 Å². The summed E-state index contributed by atoms with van der Waals surface area (Å²) in [6, 6.07) is 3.54. The van der Waals surface area contributed by atoms with Crippen LogP contribution in [0.2, 0.25) is 0 Å². The predicted molar refractivity (Wildman–Crippen MR) is 89.7 cm³/mol. The van der Waals surface area contributed by atoms with Crippen molar-refractivity contribution < 1.29 is 13.6 Å². The molecule has 134 valence electrons. The number of halogens is 2. The van der Waals surface area contributed by atoms with Crippen molar-refractivity contribution >= 4 is 5.91 Å². The summed E-state index contributed by atoms with van der Waals surface area (Å²) in [5.74, 6) is -1.14. The number of amides is 1. The summed E-state index contributed by atoms with van der Waals surface area (Å²) in [5, 5.41) is 3.04. The highest BCUT2D eigenvalue weighted by Crippen LogP contribution is 2.19. The third-order valence-electron chi connectivity index (χ3n) is 4.65. The van der Waals surface area contributed by atoms with Crippen molar-refractivity contribution in [3.8, 4) is 0 Å². The number of nitrogens with zero attached hydrogens (tertiary/aromatic N) is 3. The number of piperidine rings is 1. The molecule has 0 aliphatic carbocycles. The average Bonchev–Trinajstić information content (AvgIpc) is 3.12. The van der Waals surface area contributed by atoms with E-state index in [2.05, 4.69) is 10.3 Å². The minimum Gasteiger partial charge on any atom is -0.350 e. The van der Waals surface area contributed by atoms with Crippen molar-refractivity contribution in [1.29, 1.82) is 0 Å². The smallest absolute Gasteiger partial charge is 0.243 e. The number of benzene rings is 1. The first-order chi connectivity index (χ1) is 12.0. The largest absolute Gasteiger partial charge is 0.350 e. The highest BCUT2D eigenvalue weighted by atomic mass is 19.1. The highest BCUT2D eigenvalue weighted by molar-refractivity contribution is 5.80. The lowest BCUT2D eigenvalue weighted by Crippen LogP contribution is -2.48. The second-order valence-corrected chi connectivity index (χ2v) is 6.47. The van der Waals surface area contributed by atoms with E-state index >= 15 is 0 Å². The van der Waals surface area contributed by atoms with Crippen LogP contribution in [0.4, 0.5) is 8.78 Å². The van der Waals surface area contributed by atoms with Crippen LogP contribution >= 0.6 is 0 Å². The van der Waals surface area contributed by atoms with Gasteiger partial charge in [-0.15, -0.1) is 0 Å². The van der Waals surface area contributed by atoms with Crippen LogP contribution in [0.1, 0.15) is 31.4 Å². The Bertz CT molecular complexity index is 700. The Morgan fingerprint density at radius 3 is 2.84 bits per heavy atom. The maximum Gasteiger partial charge on any atom is 0.243 e. The molecule has 0 saturated carbocycles. The molecular weight excluding hydrogens is 326 g/mol. The number of nitrogens with one attached hydrogen (secondary N) is 1. The van der Waals surface area contributed by atoms with Crippen LogP contribution in [-0.2, 0) is 11.3 Å².